The van der Waals surface area contributed by atoms with Crippen LogP contribution < -0.4 is 5.32 Å². The second-order valence-corrected chi connectivity index (χ2v) is 6.82. The van der Waals surface area contributed by atoms with Gasteiger partial charge in [-0.15, -0.1) is 0 Å². The molecule has 5 heteroatoms. The quantitative estimate of drug-likeness (QED) is 0.772. The highest BCUT2D eigenvalue weighted by Crippen LogP contribution is 2.24. The van der Waals surface area contributed by atoms with Crippen molar-refractivity contribution in [2.45, 2.75) is 32.4 Å². The molecule has 0 radical (unpaired) electrons. The van der Waals surface area contributed by atoms with Gasteiger partial charge in [0, 0.05) is 0 Å². The Morgan fingerprint density at radius 2 is 1.92 bits per heavy atom. The number of hydrogen-bond donors (Lipinski definition) is 2. The summed E-state index contributed by atoms with van der Waals surface area (Å²) in [5.41, 5.74) is 0.723. The summed E-state index contributed by atoms with van der Waals surface area (Å²) in [5, 5.41) is 17.4. The Bertz CT molecular complexity index is 622. The predicted octanol–water partition coefficient (Wildman–Crippen LogP) is 3.15. The molecule has 0 spiro atoms. The molecule has 1 heterocycles. The molecule has 2 rings (SSSR count). The van der Waals surface area contributed by atoms with E-state index in [4.69, 9.17) is 0 Å². The van der Waals surface area contributed by atoms with Gasteiger partial charge in [-0.2, -0.15) is 11.3 Å². The number of nitrogens with zero attached hydrogens (tertiary/aromatic N) is 1. The minimum Gasteiger partial charge on any atom is -0.384 e. The lowest BCUT2D eigenvalue weighted by Gasteiger charge is -2.30. The molecule has 0 saturated carbocycles. The molecule has 1 aromatic heterocycles. The number of carbonyl (C=O) groups is 1. The van der Waals surface area contributed by atoms with E-state index in [0.717, 1.165) is 24.2 Å². The zero-order valence-electron chi connectivity index (χ0n) is 14.5. The summed E-state index contributed by atoms with van der Waals surface area (Å²) in [6.07, 6.45) is 0. The summed E-state index contributed by atoms with van der Waals surface area (Å²) < 4.78 is 0. The van der Waals surface area contributed by atoms with Crippen LogP contribution >= 0.6 is 11.3 Å². The molecule has 130 valence electrons. The van der Waals surface area contributed by atoms with E-state index in [0.29, 0.717) is 0 Å². The number of carbonyl (C=O) groups excluding carboxylic acids is 1. The third-order valence-corrected chi connectivity index (χ3v) is 4.97. The van der Waals surface area contributed by atoms with Crippen molar-refractivity contribution in [2.24, 2.45) is 0 Å². The van der Waals surface area contributed by atoms with Gasteiger partial charge in [0.15, 0.2) is 0 Å². The Morgan fingerprint density at radius 3 is 2.46 bits per heavy atom. The average molecular weight is 346 g/mol. The number of thiophene rings is 1. The number of hydrogen-bond acceptors (Lipinski definition) is 4. The zero-order valence-corrected chi connectivity index (χ0v) is 15.3. The van der Waals surface area contributed by atoms with Crippen molar-refractivity contribution < 1.29 is 9.90 Å². The largest absolute Gasteiger partial charge is 0.384 e. The van der Waals surface area contributed by atoms with Gasteiger partial charge in [-0.05, 0) is 48.0 Å². The molecule has 2 atom stereocenters. The van der Waals surface area contributed by atoms with Gasteiger partial charge in [-0.3, -0.25) is 9.69 Å². The number of aliphatic hydroxyl groups is 1. The molecule has 0 fully saturated rings. The van der Waals surface area contributed by atoms with Gasteiger partial charge in [0.05, 0.1) is 6.54 Å². The first-order valence-corrected chi connectivity index (χ1v) is 9.25. The topological polar surface area (TPSA) is 52.6 Å². The number of rotatable bonds is 8. The Morgan fingerprint density at radius 1 is 1.25 bits per heavy atom. The summed E-state index contributed by atoms with van der Waals surface area (Å²) >= 11 is 1.54. The smallest absolute Gasteiger partial charge is 0.242 e. The highest BCUT2D eigenvalue weighted by Gasteiger charge is 2.29. The maximum absolute atomic E-state index is 12.9. The molecule has 2 aromatic rings. The summed E-state index contributed by atoms with van der Waals surface area (Å²) in [6, 6.07) is 11.3. The maximum Gasteiger partial charge on any atom is 0.242 e. The number of nitrogens with one attached hydrogen (secondary N) is 1. The van der Waals surface area contributed by atoms with Crippen LogP contribution in [0.15, 0.2) is 47.2 Å². The molecule has 0 aliphatic rings. The van der Waals surface area contributed by atoms with Crippen LogP contribution in [-0.4, -0.2) is 35.5 Å². The number of benzene rings is 1. The first-order chi connectivity index (χ1) is 11.5. The molecule has 2 N–H and O–H groups in total. The third-order valence-electron chi connectivity index (χ3n) is 4.29. The van der Waals surface area contributed by atoms with E-state index in [9.17, 15) is 9.90 Å². The Kier molecular flexibility index (Phi) is 6.54. The second-order valence-electron chi connectivity index (χ2n) is 6.04. The van der Waals surface area contributed by atoms with Crippen molar-refractivity contribution in [3.8, 4) is 0 Å². The minimum atomic E-state index is -1.07. The standard InChI is InChI=1S/C19H26N2O2S/c1-4-21(5-2)17(15-9-7-6-8-10-15)18(22)20-14-19(3,23)16-11-12-24-13-16/h6-13,17,23H,4-5,14H2,1-3H3,(H,20,22). The predicted molar refractivity (Wildman–Crippen MR) is 99.0 cm³/mol. The van der Waals surface area contributed by atoms with E-state index in [-0.39, 0.29) is 18.5 Å². The summed E-state index contributed by atoms with van der Waals surface area (Å²) in [4.78, 5) is 15.0. The Balaban J connectivity index is 2.13. The van der Waals surface area contributed by atoms with Crippen LogP contribution in [0.2, 0.25) is 0 Å². The molecule has 0 bridgehead atoms. The fraction of sp³-hybridized carbons (Fsp3) is 0.421. The normalized spacial score (nSPS) is 15.0. The Hall–Kier alpha value is -1.69. The molecular weight excluding hydrogens is 320 g/mol. The van der Waals surface area contributed by atoms with Crippen molar-refractivity contribution >= 4 is 17.2 Å². The number of likely N-dealkylation sites (N-methyl/N-ethyl adjacent to an activating group) is 1. The van der Waals surface area contributed by atoms with Crippen LogP contribution in [0, 0.1) is 0 Å². The molecule has 24 heavy (non-hydrogen) atoms. The number of amides is 1. The average Bonchev–Trinajstić information content (AvgIpc) is 3.14. The Labute approximate surface area is 148 Å². The monoisotopic (exact) mass is 346 g/mol. The van der Waals surface area contributed by atoms with Crippen LogP contribution in [0.25, 0.3) is 0 Å². The van der Waals surface area contributed by atoms with E-state index in [1.165, 1.54) is 11.3 Å². The minimum absolute atomic E-state index is 0.0830. The fourth-order valence-electron chi connectivity index (χ4n) is 2.78. The van der Waals surface area contributed by atoms with E-state index in [2.05, 4.69) is 10.2 Å². The summed E-state index contributed by atoms with van der Waals surface area (Å²) in [5.74, 6) is -0.0830. The summed E-state index contributed by atoms with van der Waals surface area (Å²) in [7, 11) is 0. The molecule has 0 aliphatic carbocycles. The van der Waals surface area contributed by atoms with Crippen molar-refractivity contribution in [1.29, 1.82) is 0 Å². The van der Waals surface area contributed by atoms with Gasteiger partial charge in [0.2, 0.25) is 5.91 Å². The van der Waals surface area contributed by atoms with E-state index in [1.54, 1.807) is 6.92 Å². The highest BCUT2D eigenvalue weighted by molar-refractivity contribution is 7.08. The zero-order chi connectivity index (χ0) is 17.6. The van der Waals surface area contributed by atoms with Gasteiger partial charge >= 0.3 is 0 Å². The van der Waals surface area contributed by atoms with Gasteiger partial charge in [-0.25, -0.2) is 0 Å². The first-order valence-electron chi connectivity index (χ1n) is 8.31. The van der Waals surface area contributed by atoms with Crippen molar-refractivity contribution in [3.05, 3.63) is 58.3 Å². The SMILES string of the molecule is CCN(CC)C(C(=O)NCC(C)(O)c1ccsc1)c1ccccc1. The first kappa shape index (κ1) is 18.6. The second kappa shape index (κ2) is 8.42. The molecule has 1 amide bonds. The molecule has 4 nitrogen and oxygen atoms in total. The molecule has 0 aliphatic heterocycles. The molecule has 1 aromatic carbocycles. The van der Waals surface area contributed by atoms with Gasteiger partial charge in [0.25, 0.3) is 0 Å². The van der Waals surface area contributed by atoms with Crippen LogP contribution in [0.1, 0.15) is 37.9 Å². The van der Waals surface area contributed by atoms with Gasteiger partial charge in [0.1, 0.15) is 11.6 Å². The third kappa shape index (κ3) is 4.44. The highest BCUT2D eigenvalue weighted by atomic mass is 32.1. The van der Waals surface area contributed by atoms with Crippen LogP contribution in [0.5, 0.6) is 0 Å². The van der Waals surface area contributed by atoms with Gasteiger partial charge in [-0.1, -0.05) is 44.2 Å². The van der Waals surface area contributed by atoms with Crippen LogP contribution in [-0.2, 0) is 10.4 Å². The van der Waals surface area contributed by atoms with Crippen molar-refractivity contribution in [1.82, 2.24) is 10.2 Å². The lowest BCUT2D eigenvalue weighted by molar-refractivity contribution is -0.127. The van der Waals surface area contributed by atoms with E-state index < -0.39 is 5.60 Å². The molecule has 0 saturated heterocycles. The van der Waals surface area contributed by atoms with E-state index >= 15 is 0 Å². The van der Waals surface area contributed by atoms with Crippen LogP contribution in [0.4, 0.5) is 0 Å². The molecular formula is C19H26N2O2S. The maximum atomic E-state index is 12.9. The lowest BCUT2D eigenvalue weighted by atomic mass is 9.98. The summed E-state index contributed by atoms with van der Waals surface area (Å²) in [6.45, 7) is 7.58. The lowest BCUT2D eigenvalue weighted by Crippen LogP contribution is -2.45. The fourth-order valence-corrected chi connectivity index (χ4v) is 3.56. The van der Waals surface area contributed by atoms with Crippen molar-refractivity contribution in [3.63, 3.8) is 0 Å². The van der Waals surface area contributed by atoms with Crippen LogP contribution in [0.3, 0.4) is 0 Å². The van der Waals surface area contributed by atoms with Gasteiger partial charge < -0.3 is 10.4 Å². The molecule has 2 unspecified atom stereocenters. The van der Waals surface area contributed by atoms with Crippen molar-refractivity contribution in [2.75, 3.05) is 19.6 Å². The van der Waals surface area contributed by atoms with E-state index in [1.807, 2.05) is 61.0 Å².